The fraction of sp³-hybridized carbons (Fsp3) is 0.280. The number of aromatic hydroxyl groups is 1. The third kappa shape index (κ3) is 3.85. The Bertz CT molecular complexity index is 1280. The minimum Gasteiger partial charge on any atom is -0.508 e. The minimum atomic E-state index is -0.658. The van der Waals surface area contributed by atoms with Crippen LogP contribution in [0.1, 0.15) is 29.5 Å². The van der Waals surface area contributed by atoms with Gasteiger partial charge in [0.1, 0.15) is 23.5 Å². The van der Waals surface area contributed by atoms with Crippen LogP contribution in [0.3, 0.4) is 0 Å². The van der Waals surface area contributed by atoms with Gasteiger partial charge in [0, 0.05) is 30.3 Å². The maximum absolute atomic E-state index is 14.5. The average molecular weight is 432 g/mol. The zero-order valence-corrected chi connectivity index (χ0v) is 18.1. The molecule has 1 aliphatic rings. The average Bonchev–Trinajstić information content (AvgIpc) is 2.78. The quantitative estimate of drug-likeness (QED) is 0.581. The third-order valence-electron chi connectivity index (χ3n) is 6.15. The van der Waals surface area contributed by atoms with E-state index in [9.17, 15) is 14.3 Å². The number of hydrogen-bond donors (Lipinski definition) is 3. The van der Waals surface area contributed by atoms with Gasteiger partial charge in [-0.25, -0.2) is 4.39 Å². The van der Waals surface area contributed by atoms with E-state index in [1.165, 1.54) is 12.1 Å². The molecule has 0 bridgehead atoms. The van der Waals surface area contributed by atoms with Crippen LogP contribution >= 0.6 is 0 Å². The second-order valence-electron chi connectivity index (χ2n) is 8.31. The predicted octanol–water partition coefficient (Wildman–Crippen LogP) is 3.97. The van der Waals surface area contributed by atoms with Crippen LogP contribution in [0.25, 0.3) is 22.4 Å². The molecule has 1 aromatic heterocycles. The molecule has 0 aliphatic carbocycles. The summed E-state index contributed by atoms with van der Waals surface area (Å²) in [6.45, 7) is 4.96. The molecule has 0 radical (unpaired) electrons. The number of aromatic amines is 1. The van der Waals surface area contributed by atoms with Crippen LogP contribution in [0.5, 0.6) is 5.75 Å². The van der Waals surface area contributed by atoms with E-state index in [0.717, 1.165) is 12.8 Å². The van der Waals surface area contributed by atoms with Crippen LogP contribution < -0.4 is 16.1 Å². The summed E-state index contributed by atoms with van der Waals surface area (Å²) in [5.41, 5.74) is 8.79. The van der Waals surface area contributed by atoms with Crippen molar-refractivity contribution in [2.24, 2.45) is 5.73 Å². The van der Waals surface area contributed by atoms with Crippen LogP contribution in [-0.2, 0) is 0 Å². The standard InChI is InChI=1S/C25H25FN4O2/c1-14-3-4-16(12-21(14)31)22-23(17-5-6-18(13-27)20(26)11-17)29-25(15(2)24(22)32)30-9-7-19(28)8-10-30/h3-6,11-12,19,31H,7-10,28H2,1-2H3,(H,29,32). The van der Waals surface area contributed by atoms with Crippen molar-refractivity contribution in [2.45, 2.75) is 32.7 Å². The number of hydrogen-bond acceptors (Lipinski definition) is 5. The SMILES string of the molecule is Cc1ccc(-c2c(-c3ccc(C#N)c(F)c3)[nH]c(N3CCC(N)CC3)c(C)c2=O)cc1O. The molecule has 4 N–H and O–H groups in total. The first-order chi connectivity index (χ1) is 15.3. The summed E-state index contributed by atoms with van der Waals surface area (Å²) >= 11 is 0. The molecule has 2 aromatic carbocycles. The van der Waals surface area contributed by atoms with Crippen molar-refractivity contribution >= 4 is 5.82 Å². The largest absolute Gasteiger partial charge is 0.508 e. The van der Waals surface area contributed by atoms with E-state index >= 15 is 0 Å². The highest BCUT2D eigenvalue weighted by Crippen LogP contribution is 2.34. The van der Waals surface area contributed by atoms with Gasteiger partial charge in [0.05, 0.1) is 16.8 Å². The van der Waals surface area contributed by atoms with Gasteiger partial charge in [-0.15, -0.1) is 0 Å². The minimum absolute atomic E-state index is 0.0667. The molecule has 3 aromatic rings. The van der Waals surface area contributed by atoms with Crippen LogP contribution in [-0.4, -0.2) is 29.2 Å². The smallest absolute Gasteiger partial charge is 0.195 e. The molecular formula is C25H25FN4O2. The number of piperidine rings is 1. The zero-order chi connectivity index (χ0) is 23.0. The number of phenols is 1. The van der Waals surface area contributed by atoms with Gasteiger partial charge in [0.2, 0.25) is 0 Å². The summed E-state index contributed by atoms with van der Waals surface area (Å²) in [4.78, 5) is 19.1. The molecule has 0 atom stereocenters. The van der Waals surface area contributed by atoms with Crippen molar-refractivity contribution < 1.29 is 9.50 Å². The normalized spacial score (nSPS) is 14.4. The molecule has 32 heavy (non-hydrogen) atoms. The highest BCUT2D eigenvalue weighted by Gasteiger charge is 2.24. The lowest BCUT2D eigenvalue weighted by Gasteiger charge is -2.33. The predicted molar refractivity (Wildman–Crippen MR) is 123 cm³/mol. The monoisotopic (exact) mass is 432 g/mol. The van der Waals surface area contributed by atoms with Crippen molar-refractivity contribution in [3.8, 4) is 34.2 Å². The van der Waals surface area contributed by atoms with Gasteiger partial charge in [-0.1, -0.05) is 18.2 Å². The molecule has 7 heteroatoms. The Labute approximate surface area is 185 Å². The second kappa shape index (κ2) is 8.48. The summed E-state index contributed by atoms with van der Waals surface area (Å²) < 4.78 is 14.5. The van der Waals surface area contributed by atoms with Gasteiger partial charge in [-0.05, 0) is 56.0 Å². The van der Waals surface area contributed by atoms with Gasteiger partial charge in [0.15, 0.2) is 5.43 Å². The van der Waals surface area contributed by atoms with E-state index in [-0.39, 0.29) is 22.8 Å². The number of aryl methyl sites for hydroxylation is 1. The van der Waals surface area contributed by atoms with Gasteiger partial charge < -0.3 is 20.7 Å². The number of benzene rings is 2. The Morgan fingerprint density at radius 1 is 1.16 bits per heavy atom. The molecular weight excluding hydrogens is 407 g/mol. The molecule has 1 fully saturated rings. The summed E-state index contributed by atoms with van der Waals surface area (Å²) in [7, 11) is 0. The molecule has 0 saturated carbocycles. The first kappa shape index (κ1) is 21.6. The molecule has 0 spiro atoms. The molecule has 1 saturated heterocycles. The number of aromatic nitrogens is 1. The summed E-state index contributed by atoms with van der Waals surface area (Å²) in [6.07, 6.45) is 1.63. The number of anilines is 1. The molecule has 0 unspecified atom stereocenters. The van der Waals surface area contributed by atoms with Crippen LogP contribution in [0.2, 0.25) is 0 Å². The van der Waals surface area contributed by atoms with Crippen molar-refractivity contribution in [1.29, 1.82) is 5.26 Å². The van der Waals surface area contributed by atoms with E-state index < -0.39 is 5.82 Å². The Morgan fingerprint density at radius 3 is 2.47 bits per heavy atom. The Kier molecular flexibility index (Phi) is 5.72. The van der Waals surface area contributed by atoms with Crippen LogP contribution in [0.15, 0.2) is 41.2 Å². The first-order valence-electron chi connectivity index (χ1n) is 10.6. The molecule has 1 aliphatic heterocycles. The van der Waals surface area contributed by atoms with Crippen LogP contribution in [0, 0.1) is 31.0 Å². The fourth-order valence-corrected chi connectivity index (χ4v) is 4.14. The number of H-pyrrole nitrogens is 1. The van der Waals surface area contributed by atoms with Gasteiger partial charge in [-0.2, -0.15) is 5.26 Å². The lowest BCUT2D eigenvalue weighted by molar-refractivity contribution is 0.471. The number of nitrogens with one attached hydrogen (secondary N) is 1. The van der Waals surface area contributed by atoms with Crippen molar-refractivity contribution in [3.05, 3.63) is 69.1 Å². The van der Waals surface area contributed by atoms with E-state index in [1.54, 1.807) is 38.1 Å². The third-order valence-corrected chi connectivity index (χ3v) is 6.15. The highest BCUT2D eigenvalue weighted by molar-refractivity contribution is 5.83. The number of nitrogens with two attached hydrogens (primary N) is 1. The van der Waals surface area contributed by atoms with Gasteiger partial charge >= 0.3 is 0 Å². The second-order valence-corrected chi connectivity index (χ2v) is 8.31. The maximum atomic E-state index is 14.5. The summed E-state index contributed by atoms with van der Waals surface area (Å²) in [6, 6.07) is 11.3. The maximum Gasteiger partial charge on any atom is 0.195 e. The number of halogens is 1. The lowest BCUT2D eigenvalue weighted by atomic mass is 9.95. The number of pyridine rings is 1. The highest BCUT2D eigenvalue weighted by atomic mass is 19.1. The van der Waals surface area contributed by atoms with Crippen molar-refractivity contribution in [1.82, 2.24) is 4.98 Å². The van der Waals surface area contributed by atoms with Crippen molar-refractivity contribution in [2.75, 3.05) is 18.0 Å². The zero-order valence-electron chi connectivity index (χ0n) is 18.1. The Hall–Kier alpha value is -3.63. The van der Waals surface area contributed by atoms with Crippen molar-refractivity contribution in [3.63, 3.8) is 0 Å². The topological polar surface area (TPSA) is 106 Å². The molecule has 2 heterocycles. The number of nitrogens with zero attached hydrogens (tertiary/aromatic N) is 2. The number of phenolic OH excluding ortho intramolecular Hbond substituents is 1. The van der Waals surface area contributed by atoms with Gasteiger partial charge in [0.25, 0.3) is 0 Å². The Balaban J connectivity index is 1.97. The first-order valence-corrected chi connectivity index (χ1v) is 10.6. The summed E-state index contributed by atoms with van der Waals surface area (Å²) in [5, 5.41) is 19.3. The molecule has 6 nitrogen and oxygen atoms in total. The van der Waals surface area contributed by atoms with Crippen LogP contribution in [0.4, 0.5) is 10.2 Å². The van der Waals surface area contributed by atoms with E-state index in [0.29, 0.717) is 52.4 Å². The van der Waals surface area contributed by atoms with Gasteiger partial charge in [-0.3, -0.25) is 4.79 Å². The van der Waals surface area contributed by atoms with E-state index in [1.807, 2.05) is 6.07 Å². The summed E-state index contributed by atoms with van der Waals surface area (Å²) in [5.74, 6) is 0.0991. The molecule has 4 rings (SSSR count). The van der Waals surface area contributed by atoms with E-state index in [4.69, 9.17) is 11.0 Å². The lowest BCUT2D eigenvalue weighted by Crippen LogP contribution is -2.41. The number of rotatable bonds is 3. The number of nitriles is 1. The van der Waals surface area contributed by atoms with E-state index in [2.05, 4.69) is 9.88 Å². The fourth-order valence-electron chi connectivity index (χ4n) is 4.14. The Morgan fingerprint density at radius 2 is 1.84 bits per heavy atom. The molecule has 164 valence electrons. The molecule has 0 amide bonds.